The number of carbonyl (C=O) groups is 1. The van der Waals surface area contributed by atoms with E-state index in [1.54, 1.807) is 0 Å². The maximum absolute atomic E-state index is 12.5. The molecule has 6 heteroatoms. The lowest BCUT2D eigenvalue weighted by atomic mass is 9.91. The zero-order chi connectivity index (χ0) is 16.2. The summed E-state index contributed by atoms with van der Waals surface area (Å²) < 4.78 is 37.6. The third kappa shape index (κ3) is 4.64. The van der Waals surface area contributed by atoms with Crippen molar-refractivity contribution in [3.63, 3.8) is 0 Å². The summed E-state index contributed by atoms with van der Waals surface area (Å²) in [6, 6.07) is 5.28. The van der Waals surface area contributed by atoms with Crippen LogP contribution >= 0.6 is 0 Å². The number of rotatable bonds is 5. The third-order valence-electron chi connectivity index (χ3n) is 4.18. The Labute approximate surface area is 127 Å². The van der Waals surface area contributed by atoms with Crippen LogP contribution in [0.4, 0.5) is 18.9 Å². The van der Waals surface area contributed by atoms with E-state index in [2.05, 4.69) is 4.90 Å². The number of alkyl halides is 3. The van der Waals surface area contributed by atoms with Crippen LogP contribution in [0.2, 0.25) is 0 Å². The number of halogens is 3. The van der Waals surface area contributed by atoms with E-state index in [1.807, 2.05) is 0 Å². The quantitative estimate of drug-likeness (QED) is 0.886. The van der Waals surface area contributed by atoms with Crippen LogP contribution in [0, 0.1) is 5.92 Å². The van der Waals surface area contributed by atoms with Crippen LogP contribution in [0.3, 0.4) is 0 Å². The Morgan fingerprint density at radius 2 is 1.77 bits per heavy atom. The van der Waals surface area contributed by atoms with Crippen LogP contribution < -0.4 is 4.90 Å². The molecule has 3 nitrogen and oxygen atoms in total. The first-order valence-electron chi connectivity index (χ1n) is 7.50. The summed E-state index contributed by atoms with van der Waals surface area (Å²) >= 11 is 0. The predicted octanol–water partition coefficient (Wildman–Crippen LogP) is 4.18. The first-order valence-corrected chi connectivity index (χ1v) is 7.50. The third-order valence-corrected chi connectivity index (χ3v) is 4.18. The average molecular weight is 315 g/mol. The number of hydrogen-bond donors (Lipinski definition) is 1. The highest BCUT2D eigenvalue weighted by atomic mass is 19.4. The second-order valence-corrected chi connectivity index (χ2v) is 5.76. The fourth-order valence-electron chi connectivity index (χ4n) is 2.88. The molecule has 0 aliphatic carbocycles. The van der Waals surface area contributed by atoms with Gasteiger partial charge >= 0.3 is 12.1 Å². The van der Waals surface area contributed by atoms with Crippen molar-refractivity contribution in [1.82, 2.24) is 0 Å². The van der Waals surface area contributed by atoms with Crippen LogP contribution in [0.15, 0.2) is 24.3 Å². The SMILES string of the molecule is O=C(O)CCCC1CCN(c2ccc(C(F)(F)F)cc2)CC1. The van der Waals surface area contributed by atoms with Gasteiger partial charge in [-0.05, 0) is 55.9 Å². The Morgan fingerprint density at radius 1 is 1.18 bits per heavy atom. The van der Waals surface area contributed by atoms with Crippen LogP contribution in [0.5, 0.6) is 0 Å². The van der Waals surface area contributed by atoms with Crippen molar-refractivity contribution in [2.45, 2.75) is 38.3 Å². The molecule has 1 fully saturated rings. The zero-order valence-electron chi connectivity index (χ0n) is 12.3. The number of carboxylic acids is 1. The number of carboxylic acid groups (broad SMARTS) is 1. The molecule has 2 rings (SSSR count). The summed E-state index contributed by atoms with van der Waals surface area (Å²) in [7, 11) is 0. The Kier molecular flexibility index (Phi) is 5.32. The van der Waals surface area contributed by atoms with Gasteiger partial charge in [-0.1, -0.05) is 0 Å². The predicted molar refractivity (Wildman–Crippen MR) is 77.9 cm³/mol. The highest BCUT2D eigenvalue weighted by molar-refractivity contribution is 5.66. The monoisotopic (exact) mass is 315 g/mol. The van der Waals surface area contributed by atoms with Gasteiger partial charge in [0.15, 0.2) is 0 Å². The van der Waals surface area contributed by atoms with Crippen molar-refractivity contribution in [3.05, 3.63) is 29.8 Å². The summed E-state index contributed by atoms with van der Waals surface area (Å²) in [5.74, 6) is -0.243. The lowest BCUT2D eigenvalue weighted by molar-refractivity contribution is -0.138. The van der Waals surface area contributed by atoms with Crippen LogP contribution in [0.1, 0.15) is 37.7 Å². The van der Waals surface area contributed by atoms with Gasteiger partial charge in [0.05, 0.1) is 5.56 Å². The molecule has 0 unspecified atom stereocenters. The van der Waals surface area contributed by atoms with Crippen LogP contribution in [0.25, 0.3) is 0 Å². The van der Waals surface area contributed by atoms with E-state index in [1.165, 1.54) is 12.1 Å². The van der Waals surface area contributed by atoms with E-state index in [4.69, 9.17) is 5.11 Å². The van der Waals surface area contributed by atoms with Gasteiger partial charge in [0.1, 0.15) is 0 Å². The van der Waals surface area contributed by atoms with Gasteiger partial charge < -0.3 is 10.0 Å². The van der Waals surface area contributed by atoms with Crippen molar-refractivity contribution in [1.29, 1.82) is 0 Å². The van der Waals surface area contributed by atoms with E-state index < -0.39 is 17.7 Å². The summed E-state index contributed by atoms with van der Waals surface area (Å²) in [6.45, 7) is 1.62. The minimum absolute atomic E-state index is 0.207. The Morgan fingerprint density at radius 3 is 2.27 bits per heavy atom. The number of hydrogen-bond acceptors (Lipinski definition) is 2. The van der Waals surface area contributed by atoms with E-state index >= 15 is 0 Å². The number of benzene rings is 1. The van der Waals surface area contributed by atoms with Gasteiger partial charge in [-0.25, -0.2) is 0 Å². The van der Waals surface area contributed by atoms with Gasteiger partial charge in [0, 0.05) is 25.2 Å². The first-order chi connectivity index (χ1) is 10.4. The second kappa shape index (κ2) is 7.03. The molecule has 0 spiro atoms. The van der Waals surface area contributed by atoms with Crippen LogP contribution in [-0.4, -0.2) is 24.2 Å². The first kappa shape index (κ1) is 16.6. The molecular weight excluding hydrogens is 295 g/mol. The molecule has 1 N–H and O–H groups in total. The van der Waals surface area contributed by atoms with Crippen molar-refractivity contribution >= 4 is 11.7 Å². The summed E-state index contributed by atoms with van der Waals surface area (Å²) in [5, 5.41) is 8.62. The fraction of sp³-hybridized carbons (Fsp3) is 0.562. The standard InChI is InChI=1S/C16H20F3NO2/c17-16(18,19)13-4-6-14(7-5-13)20-10-8-12(9-11-20)2-1-3-15(21)22/h4-7,12H,1-3,8-11H2,(H,21,22). The molecule has 0 radical (unpaired) electrons. The van der Waals surface area contributed by atoms with E-state index in [-0.39, 0.29) is 6.42 Å². The maximum atomic E-state index is 12.5. The summed E-state index contributed by atoms with van der Waals surface area (Å²) in [5.41, 5.74) is 0.191. The molecular formula is C16H20F3NO2. The van der Waals surface area contributed by atoms with Gasteiger partial charge in [-0.3, -0.25) is 4.79 Å². The van der Waals surface area contributed by atoms with E-state index in [0.717, 1.165) is 50.2 Å². The average Bonchev–Trinajstić information content (AvgIpc) is 2.47. The lowest BCUT2D eigenvalue weighted by Crippen LogP contribution is -2.33. The molecule has 1 saturated heterocycles. The largest absolute Gasteiger partial charge is 0.481 e. The van der Waals surface area contributed by atoms with Gasteiger partial charge in [0.25, 0.3) is 0 Å². The molecule has 0 bridgehead atoms. The molecule has 0 amide bonds. The molecule has 1 aromatic rings. The molecule has 0 atom stereocenters. The van der Waals surface area contributed by atoms with Crippen molar-refractivity contribution < 1.29 is 23.1 Å². The lowest BCUT2D eigenvalue weighted by Gasteiger charge is -2.33. The second-order valence-electron chi connectivity index (χ2n) is 5.76. The highest BCUT2D eigenvalue weighted by Gasteiger charge is 2.30. The minimum Gasteiger partial charge on any atom is -0.481 e. The highest BCUT2D eigenvalue weighted by Crippen LogP contribution is 2.32. The van der Waals surface area contributed by atoms with Crippen molar-refractivity contribution in [3.8, 4) is 0 Å². The van der Waals surface area contributed by atoms with E-state index in [9.17, 15) is 18.0 Å². The molecule has 0 saturated carbocycles. The minimum atomic E-state index is -4.30. The van der Waals surface area contributed by atoms with E-state index in [0.29, 0.717) is 12.3 Å². The van der Waals surface area contributed by atoms with Gasteiger partial charge in [-0.2, -0.15) is 13.2 Å². The number of nitrogens with zero attached hydrogens (tertiary/aromatic N) is 1. The number of anilines is 1. The van der Waals surface area contributed by atoms with Crippen molar-refractivity contribution in [2.24, 2.45) is 5.92 Å². The molecule has 1 aromatic carbocycles. The number of aliphatic carboxylic acids is 1. The maximum Gasteiger partial charge on any atom is 0.416 e. The Balaban J connectivity index is 1.82. The van der Waals surface area contributed by atoms with Gasteiger partial charge in [0.2, 0.25) is 0 Å². The summed E-state index contributed by atoms with van der Waals surface area (Å²) in [4.78, 5) is 12.6. The van der Waals surface area contributed by atoms with Gasteiger partial charge in [-0.15, -0.1) is 0 Å². The molecule has 22 heavy (non-hydrogen) atoms. The van der Waals surface area contributed by atoms with Crippen LogP contribution in [-0.2, 0) is 11.0 Å². The Hall–Kier alpha value is -1.72. The normalized spacial score (nSPS) is 16.8. The topological polar surface area (TPSA) is 40.5 Å². The zero-order valence-corrected chi connectivity index (χ0v) is 12.3. The molecule has 0 aromatic heterocycles. The molecule has 1 heterocycles. The Bertz CT molecular complexity index is 491. The molecule has 122 valence electrons. The van der Waals surface area contributed by atoms with Crippen molar-refractivity contribution in [2.75, 3.05) is 18.0 Å². The fourth-order valence-corrected chi connectivity index (χ4v) is 2.88. The molecule has 1 aliphatic heterocycles. The summed E-state index contributed by atoms with van der Waals surface area (Å²) in [6.07, 6.45) is -0.566. The molecule has 1 aliphatic rings. The number of piperidine rings is 1. The smallest absolute Gasteiger partial charge is 0.416 e.